The molecule has 124 valence electrons. The van der Waals surface area contributed by atoms with Gasteiger partial charge in [-0.1, -0.05) is 48.5 Å². The van der Waals surface area contributed by atoms with Crippen molar-refractivity contribution in [2.75, 3.05) is 5.73 Å². The van der Waals surface area contributed by atoms with Gasteiger partial charge < -0.3 is 10.8 Å². The molecule has 0 atom stereocenters. The minimum atomic E-state index is -1.07. The smallest absolute Gasteiger partial charge is 0.335 e. The molecule has 0 unspecified atom stereocenters. The molecule has 0 aromatic heterocycles. The van der Waals surface area contributed by atoms with E-state index in [1.165, 1.54) is 0 Å². The fraction of sp³-hybridized carbons (Fsp3) is 0.0476. The van der Waals surface area contributed by atoms with Gasteiger partial charge in [-0.15, -0.1) is 0 Å². The highest BCUT2D eigenvalue weighted by Gasteiger charge is 2.19. The molecule has 3 rings (SSSR count). The van der Waals surface area contributed by atoms with Gasteiger partial charge in [0.05, 0.1) is 5.56 Å². The molecule has 0 aliphatic heterocycles. The first-order valence-electron chi connectivity index (χ1n) is 7.81. The summed E-state index contributed by atoms with van der Waals surface area (Å²) in [5.41, 5.74) is 9.28. The molecular weight excluding hydrogens is 314 g/mol. The molecule has 0 amide bonds. The maximum atomic E-state index is 12.9. The Labute approximate surface area is 145 Å². The SMILES string of the molecule is Cc1c(C(=O)O)cc(-c2ccccc2N)cc1C(=O)c1ccccc1. The van der Waals surface area contributed by atoms with E-state index in [1.54, 1.807) is 55.5 Å². The minimum absolute atomic E-state index is 0.0973. The summed E-state index contributed by atoms with van der Waals surface area (Å²) in [4.78, 5) is 24.5. The fourth-order valence-electron chi connectivity index (χ4n) is 2.83. The molecule has 0 radical (unpaired) electrons. The molecule has 0 saturated carbocycles. The molecule has 0 heterocycles. The summed E-state index contributed by atoms with van der Waals surface area (Å²) in [6, 6.07) is 19.3. The molecule has 4 heteroatoms. The van der Waals surface area contributed by atoms with E-state index in [9.17, 15) is 14.7 Å². The summed E-state index contributed by atoms with van der Waals surface area (Å²) in [7, 11) is 0. The number of carboxylic acid groups (broad SMARTS) is 1. The largest absolute Gasteiger partial charge is 0.478 e. The topological polar surface area (TPSA) is 80.4 Å². The van der Waals surface area contributed by atoms with Crippen molar-refractivity contribution < 1.29 is 14.7 Å². The van der Waals surface area contributed by atoms with Crippen LogP contribution in [0.3, 0.4) is 0 Å². The summed E-state index contributed by atoms with van der Waals surface area (Å²) in [6.45, 7) is 1.65. The molecule has 3 N–H and O–H groups in total. The van der Waals surface area contributed by atoms with E-state index in [-0.39, 0.29) is 11.3 Å². The van der Waals surface area contributed by atoms with Crippen LogP contribution >= 0.6 is 0 Å². The van der Waals surface area contributed by atoms with Gasteiger partial charge in [0.1, 0.15) is 0 Å². The van der Waals surface area contributed by atoms with Crippen molar-refractivity contribution in [1.29, 1.82) is 0 Å². The van der Waals surface area contributed by atoms with Crippen LogP contribution < -0.4 is 5.73 Å². The van der Waals surface area contributed by atoms with E-state index in [0.29, 0.717) is 33.5 Å². The van der Waals surface area contributed by atoms with Gasteiger partial charge in [0.2, 0.25) is 0 Å². The average molecular weight is 331 g/mol. The predicted octanol–water partition coefficient (Wildman–Crippen LogP) is 4.17. The second-order valence-electron chi connectivity index (χ2n) is 5.78. The highest BCUT2D eigenvalue weighted by atomic mass is 16.4. The van der Waals surface area contributed by atoms with Crippen molar-refractivity contribution in [3.63, 3.8) is 0 Å². The van der Waals surface area contributed by atoms with Crippen LogP contribution in [0.25, 0.3) is 11.1 Å². The Morgan fingerprint density at radius 3 is 2.12 bits per heavy atom. The van der Waals surface area contributed by atoms with Gasteiger partial charge in [-0.25, -0.2) is 4.79 Å². The number of ketones is 1. The summed E-state index contributed by atoms with van der Waals surface area (Å²) in [5, 5.41) is 9.54. The number of benzene rings is 3. The average Bonchev–Trinajstić information content (AvgIpc) is 2.62. The molecule has 0 aliphatic rings. The van der Waals surface area contributed by atoms with E-state index in [1.807, 2.05) is 18.2 Å². The first-order chi connectivity index (χ1) is 12.0. The number of para-hydroxylation sites is 1. The lowest BCUT2D eigenvalue weighted by molar-refractivity contribution is 0.0696. The molecule has 4 nitrogen and oxygen atoms in total. The number of nitrogens with two attached hydrogens (primary N) is 1. The molecule has 25 heavy (non-hydrogen) atoms. The summed E-state index contributed by atoms with van der Waals surface area (Å²) < 4.78 is 0. The third-order valence-corrected chi connectivity index (χ3v) is 4.19. The van der Waals surface area contributed by atoms with E-state index < -0.39 is 5.97 Å². The second-order valence-corrected chi connectivity index (χ2v) is 5.78. The third-order valence-electron chi connectivity index (χ3n) is 4.19. The summed E-state index contributed by atoms with van der Waals surface area (Å²) >= 11 is 0. The Morgan fingerprint density at radius 2 is 1.48 bits per heavy atom. The van der Waals surface area contributed by atoms with Crippen molar-refractivity contribution in [3.8, 4) is 11.1 Å². The quantitative estimate of drug-likeness (QED) is 0.555. The Kier molecular flexibility index (Phi) is 4.35. The number of aromatic carboxylic acids is 1. The second kappa shape index (κ2) is 6.61. The number of carbonyl (C=O) groups excluding carboxylic acids is 1. The zero-order valence-electron chi connectivity index (χ0n) is 13.7. The zero-order chi connectivity index (χ0) is 18.0. The number of hydrogen-bond donors (Lipinski definition) is 2. The van der Waals surface area contributed by atoms with E-state index in [0.717, 1.165) is 0 Å². The van der Waals surface area contributed by atoms with Crippen LogP contribution in [-0.4, -0.2) is 16.9 Å². The number of hydrogen-bond acceptors (Lipinski definition) is 3. The molecule has 3 aromatic rings. The third kappa shape index (κ3) is 3.15. The highest BCUT2D eigenvalue weighted by Crippen LogP contribution is 2.30. The van der Waals surface area contributed by atoms with Crippen LogP contribution in [0.15, 0.2) is 66.7 Å². The molecule has 3 aromatic carbocycles. The lowest BCUT2D eigenvalue weighted by Gasteiger charge is -2.13. The van der Waals surface area contributed by atoms with Gasteiger partial charge in [-0.2, -0.15) is 0 Å². The van der Waals surface area contributed by atoms with Crippen LogP contribution in [0.2, 0.25) is 0 Å². The number of nitrogen functional groups attached to an aromatic ring is 1. The maximum Gasteiger partial charge on any atom is 0.335 e. The van der Waals surface area contributed by atoms with Crippen molar-refractivity contribution >= 4 is 17.4 Å². The number of rotatable bonds is 4. The first-order valence-corrected chi connectivity index (χ1v) is 7.81. The molecule has 0 bridgehead atoms. The minimum Gasteiger partial charge on any atom is -0.478 e. The van der Waals surface area contributed by atoms with E-state index >= 15 is 0 Å². The van der Waals surface area contributed by atoms with Crippen molar-refractivity contribution in [2.24, 2.45) is 0 Å². The van der Waals surface area contributed by atoms with Gasteiger partial charge >= 0.3 is 5.97 Å². The van der Waals surface area contributed by atoms with Gasteiger partial charge in [0.25, 0.3) is 0 Å². The molecule has 0 spiro atoms. The Bertz CT molecular complexity index is 962. The lowest BCUT2D eigenvalue weighted by Crippen LogP contribution is -2.09. The summed E-state index contributed by atoms with van der Waals surface area (Å²) in [5.74, 6) is -1.28. The van der Waals surface area contributed by atoms with Crippen LogP contribution in [0.5, 0.6) is 0 Å². The van der Waals surface area contributed by atoms with Crippen LogP contribution in [0, 0.1) is 6.92 Å². The molecular formula is C21H17NO3. The van der Waals surface area contributed by atoms with Gasteiger partial charge in [-0.05, 0) is 36.2 Å². The highest BCUT2D eigenvalue weighted by molar-refractivity contribution is 6.12. The van der Waals surface area contributed by atoms with Gasteiger partial charge in [0, 0.05) is 22.4 Å². The van der Waals surface area contributed by atoms with Crippen LogP contribution in [0.1, 0.15) is 31.8 Å². The molecule has 0 aliphatic carbocycles. The van der Waals surface area contributed by atoms with Crippen molar-refractivity contribution in [1.82, 2.24) is 0 Å². The van der Waals surface area contributed by atoms with Crippen LogP contribution in [-0.2, 0) is 0 Å². The van der Waals surface area contributed by atoms with Gasteiger partial charge in [-0.3, -0.25) is 4.79 Å². The zero-order valence-corrected chi connectivity index (χ0v) is 13.7. The number of anilines is 1. The lowest BCUT2D eigenvalue weighted by atomic mass is 9.90. The monoisotopic (exact) mass is 331 g/mol. The van der Waals surface area contributed by atoms with Gasteiger partial charge in [0.15, 0.2) is 5.78 Å². The van der Waals surface area contributed by atoms with Crippen molar-refractivity contribution in [3.05, 3.63) is 89.0 Å². The van der Waals surface area contributed by atoms with Crippen LogP contribution in [0.4, 0.5) is 5.69 Å². The molecule has 0 saturated heterocycles. The fourth-order valence-corrected chi connectivity index (χ4v) is 2.83. The molecule has 0 fully saturated rings. The number of carbonyl (C=O) groups is 2. The van der Waals surface area contributed by atoms with E-state index in [2.05, 4.69) is 0 Å². The predicted molar refractivity (Wildman–Crippen MR) is 97.9 cm³/mol. The normalized spacial score (nSPS) is 10.4. The standard InChI is InChI=1S/C21H17NO3/c1-13-17(20(23)14-7-3-2-4-8-14)11-15(12-18(13)21(24)25)16-9-5-6-10-19(16)22/h2-12H,22H2,1H3,(H,24,25). The Hall–Kier alpha value is -3.40. The first kappa shape index (κ1) is 16.5. The summed E-state index contributed by atoms with van der Waals surface area (Å²) in [6.07, 6.45) is 0. The number of carboxylic acids is 1. The van der Waals surface area contributed by atoms with Crippen molar-refractivity contribution in [2.45, 2.75) is 6.92 Å². The Morgan fingerprint density at radius 1 is 0.880 bits per heavy atom. The Balaban J connectivity index is 2.23. The van der Waals surface area contributed by atoms with E-state index in [4.69, 9.17) is 5.73 Å². The maximum absolute atomic E-state index is 12.9.